The van der Waals surface area contributed by atoms with Crippen molar-refractivity contribution in [2.75, 3.05) is 7.05 Å². The molecule has 2 aromatic rings. The van der Waals surface area contributed by atoms with E-state index in [1.165, 1.54) is 0 Å². The molecule has 0 saturated heterocycles. The van der Waals surface area contributed by atoms with E-state index >= 15 is 0 Å². The Kier molecular flexibility index (Phi) is 4.79. The summed E-state index contributed by atoms with van der Waals surface area (Å²) in [7, 11) is 1.80. The van der Waals surface area contributed by atoms with E-state index in [1.54, 1.807) is 24.3 Å². The number of nitrogens with zero attached hydrogens (tertiary/aromatic N) is 2. The van der Waals surface area contributed by atoms with E-state index in [0.29, 0.717) is 19.4 Å². The summed E-state index contributed by atoms with van der Waals surface area (Å²) in [6, 6.07) is 5.93. The fourth-order valence-electron chi connectivity index (χ4n) is 1.96. The molecule has 0 unspecified atom stereocenters. The molecule has 0 bridgehead atoms. The Balaban J connectivity index is 1.86. The Morgan fingerprint density at radius 1 is 1.40 bits per heavy atom. The first-order valence-corrected chi connectivity index (χ1v) is 6.90. The maximum absolute atomic E-state index is 12.1. The highest BCUT2D eigenvalue weighted by molar-refractivity contribution is 6.31. The van der Waals surface area contributed by atoms with Gasteiger partial charge in [-0.3, -0.25) is 9.89 Å². The van der Waals surface area contributed by atoms with Crippen molar-refractivity contribution in [1.29, 1.82) is 0 Å². The molecule has 0 aliphatic heterocycles. The minimum atomic E-state index is 0.114. The van der Waals surface area contributed by atoms with Crippen molar-refractivity contribution in [2.24, 2.45) is 0 Å². The lowest BCUT2D eigenvalue weighted by atomic mass is 10.1. The summed E-state index contributed by atoms with van der Waals surface area (Å²) >= 11 is 6.08. The second kappa shape index (κ2) is 6.57. The molecule has 5 heteroatoms. The van der Waals surface area contributed by atoms with Gasteiger partial charge in [-0.1, -0.05) is 23.7 Å². The predicted molar refractivity (Wildman–Crippen MR) is 79.6 cm³/mol. The second-order valence-corrected chi connectivity index (χ2v) is 5.35. The molecule has 1 N–H and O–H groups in total. The van der Waals surface area contributed by atoms with Crippen LogP contribution in [0.1, 0.15) is 23.1 Å². The van der Waals surface area contributed by atoms with Gasteiger partial charge in [0.15, 0.2) is 0 Å². The number of aromatic nitrogens is 2. The summed E-state index contributed by atoms with van der Waals surface area (Å²) in [6.45, 7) is 2.54. The highest BCUT2D eigenvalue weighted by Gasteiger charge is 2.10. The minimum Gasteiger partial charge on any atom is -0.341 e. The molecule has 0 aliphatic carbocycles. The second-order valence-electron chi connectivity index (χ2n) is 4.94. The normalized spacial score (nSPS) is 10.6. The first-order valence-electron chi connectivity index (χ1n) is 6.53. The maximum Gasteiger partial charge on any atom is 0.222 e. The topological polar surface area (TPSA) is 49.0 Å². The minimum absolute atomic E-state index is 0.114. The summed E-state index contributed by atoms with van der Waals surface area (Å²) in [4.78, 5) is 13.8. The number of benzene rings is 1. The number of amides is 1. The predicted octanol–water partition coefficient (Wildman–Crippen LogP) is 2.96. The van der Waals surface area contributed by atoms with Gasteiger partial charge in [-0.2, -0.15) is 5.10 Å². The van der Waals surface area contributed by atoms with Gasteiger partial charge in [0.25, 0.3) is 0 Å². The van der Waals surface area contributed by atoms with Crippen molar-refractivity contribution < 1.29 is 4.79 Å². The molecular formula is C15H18ClN3O. The number of carbonyl (C=O) groups is 1. The van der Waals surface area contributed by atoms with E-state index < -0.39 is 0 Å². The molecule has 1 aromatic carbocycles. The van der Waals surface area contributed by atoms with Gasteiger partial charge >= 0.3 is 0 Å². The molecule has 0 saturated carbocycles. The van der Waals surface area contributed by atoms with Gasteiger partial charge in [-0.15, -0.1) is 0 Å². The first-order chi connectivity index (χ1) is 9.56. The highest BCUT2D eigenvalue weighted by atomic mass is 35.5. The van der Waals surface area contributed by atoms with Crippen LogP contribution in [0.25, 0.3) is 0 Å². The molecule has 106 valence electrons. The van der Waals surface area contributed by atoms with E-state index in [-0.39, 0.29) is 5.91 Å². The van der Waals surface area contributed by atoms with Crippen LogP contribution < -0.4 is 0 Å². The maximum atomic E-state index is 12.1. The Bertz CT molecular complexity index is 581. The number of rotatable bonds is 5. The van der Waals surface area contributed by atoms with Gasteiger partial charge in [0.1, 0.15) is 0 Å². The summed E-state index contributed by atoms with van der Waals surface area (Å²) in [5, 5.41) is 7.36. The molecule has 4 nitrogen and oxygen atoms in total. The number of hydrogen-bond acceptors (Lipinski definition) is 2. The third kappa shape index (κ3) is 3.84. The van der Waals surface area contributed by atoms with Crippen LogP contribution in [0.4, 0.5) is 0 Å². The number of halogens is 1. The van der Waals surface area contributed by atoms with Crippen molar-refractivity contribution in [3.05, 3.63) is 52.3 Å². The van der Waals surface area contributed by atoms with Gasteiger partial charge in [-0.05, 0) is 30.5 Å². The van der Waals surface area contributed by atoms with E-state index in [1.807, 2.05) is 25.1 Å². The molecular weight excluding hydrogens is 274 g/mol. The fraction of sp³-hybridized carbons (Fsp3) is 0.333. The van der Waals surface area contributed by atoms with Crippen LogP contribution in [-0.2, 0) is 17.8 Å². The fourth-order valence-corrected chi connectivity index (χ4v) is 2.16. The monoisotopic (exact) mass is 291 g/mol. The Hall–Kier alpha value is -1.81. The van der Waals surface area contributed by atoms with Gasteiger partial charge in [0, 0.05) is 36.8 Å². The molecule has 0 radical (unpaired) electrons. The SMILES string of the molecule is Cc1ccc(CCC(=O)N(C)Cc2cn[nH]c2)cc1Cl. The summed E-state index contributed by atoms with van der Waals surface area (Å²) in [6.07, 6.45) is 4.70. The van der Waals surface area contributed by atoms with Crippen LogP contribution in [-0.4, -0.2) is 28.1 Å². The molecule has 20 heavy (non-hydrogen) atoms. The smallest absolute Gasteiger partial charge is 0.222 e. The largest absolute Gasteiger partial charge is 0.341 e. The van der Waals surface area contributed by atoms with E-state index in [0.717, 1.165) is 21.7 Å². The van der Waals surface area contributed by atoms with Crippen molar-refractivity contribution >= 4 is 17.5 Å². The lowest BCUT2D eigenvalue weighted by molar-refractivity contribution is -0.130. The number of aromatic amines is 1. The molecule has 0 atom stereocenters. The van der Waals surface area contributed by atoms with Gasteiger partial charge in [0.05, 0.1) is 6.20 Å². The molecule has 2 rings (SSSR count). The molecule has 1 aromatic heterocycles. The highest BCUT2D eigenvalue weighted by Crippen LogP contribution is 2.18. The van der Waals surface area contributed by atoms with Crippen LogP contribution in [0.15, 0.2) is 30.6 Å². The Labute approximate surface area is 123 Å². The Morgan fingerprint density at radius 2 is 2.20 bits per heavy atom. The molecule has 0 fully saturated rings. The van der Waals surface area contributed by atoms with Gasteiger partial charge in [0.2, 0.25) is 5.91 Å². The van der Waals surface area contributed by atoms with E-state index in [4.69, 9.17) is 11.6 Å². The summed E-state index contributed by atoms with van der Waals surface area (Å²) in [5.74, 6) is 0.114. The molecule has 0 aliphatic rings. The van der Waals surface area contributed by atoms with E-state index in [2.05, 4.69) is 10.2 Å². The van der Waals surface area contributed by atoms with Crippen LogP contribution in [0, 0.1) is 6.92 Å². The number of H-pyrrole nitrogens is 1. The van der Waals surface area contributed by atoms with Crippen molar-refractivity contribution in [3.8, 4) is 0 Å². The molecule has 0 spiro atoms. The number of hydrogen-bond donors (Lipinski definition) is 1. The van der Waals surface area contributed by atoms with Crippen LogP contribution in [0.2, 0.25) is 5.02 Å². The number of carbonyl (C=O) groups excluding carboxylic acids is 1. The number of aryl methyl sites for hydroxylation is 2. The quantitative estimate of drug-likeness (QED) is 0.921. The van der Waals surface area contributed by atoms with Crippen molar-refractivity contribution in [1.82, 2.24) is 15.1 Å². The third-order valence-electron chi connectivity index (χ3n) is 3.26. The molecule has 1 heterocycles. The zero-order valence-electron chi connectivity index (χ0n) is 11.7. The Morgan fingerprint density at radius 3 is 2.85 bits per heavy atom. The third-order valence-corrected chi connectivity index (χ3v) is 3.67. The lowest BCUT2D eigenvalue weighted by Gasteiger charge is -2.16. The average Bonchev–Trinajstić information content (AvgIpc) is 2.92. The van der Waals surface area contributed by atoms with E-state index in [9.17, 15) is 4.79 Å². The van der Waals surface area contributed by atoms with Crippen LogP contribution in [0.3, 0.4) is 0 Å². The van der Waals surface area contributed by atoms with Crippen molar-refractivity contribution in [2.45, 2.75) is 26.3 Å². The lowest BCUT2D eigenvalue weighted by Crippen LogP contribution is -2.26. The zero-order valence-corrected chi connectivity index (χ0v) is 12.4. The van der Waals surface area contributed by atoms with Crippen molar-refractivity contribution in [3.63, 3.8) is 0 Å². The zero-order chi connectivity index (χ0) is 14.5. The van der Waals surface area contributed by atoms with Crippen LogP contribution in [0.5, 0.6) is 0 Å². The summed E-state index contributed by atoms with van der Waals surface area (Å²) in [5.41, 5.74) is 3.14. The van der Waals surface area contributed by atoms with Gasteiger partial charge < -0.3 is 4.90 Å². The standard InChI is InChI=1S/C15H18ClN3O/c1-11-3-4-12(7-14(11)16)5-6-15(20)19(2)10-13-8-17-18-9-13/h3-4,7-9H,5-6,10H2,1-2H3,(H,17,18). The average molecular weight is 292 g/mol. The molecule has 1 amide bonds. The van der Waals surface area contributed by atoms with Crippen LogP contribution >= 0.6 is 11.6 Å². The summed E-state index contributed by atoms with van der Waals surface area (Å²) < 4.78 is 0. The first kappa shape index (κ1) is 14.6. The number of nitrogens with one attached hydrogen (secondary N) is 1. The van der Waals surface area contributed by atoms with Gasteiger partial charge in [-0.25, -0.2) is 0 Å².